The Hall–Kier alpha value is -2.14. The molecule has 25 heavy (non-hydrogen) atoms. The highest BCUT2D eigenvalue weighted by atomic mass is 32.2. The van der Waals surface area contributed by atoms with Crippen LogP contribution in [-0.4, -0.2) is 14.1 Å². The summed E-state index contributed by atoms with van der Waals surface area (Å²) >= 11 is 0. The van der Waals surface area contributed by atoms with Gasteiger partial charge >= 0.3 is 0 Å². The molecule has 0 amide bonds. The maximum Gasteiger partial charge on any atom is 0.276 e. The van der Waals surface area contributed by atoms with E-state index in [0.717, 1.165) is 5.56 Å². The van der Waals surface area contributed by atoms with Gasteiger partial charge in [-0.25, -0.2) is 0 Å². The van der Waals surface area contributed by atoms with Crippen LogP contribution in [0.5, 0.6) is 0 Å². The van der Waals surface area contributed by atoms with Crippen LogP contribution in [0.3, 0.4) is 0 Å². The van der Waals surface area contributed by atoms with Gasteiger partial charge in [0, 0.05) is 0 Å². The third-order valence-corrected chi connectivity index (χ3v) is 6.02. The van der Waals surface area contributed by atoms with E-state index in [2.05, 4.69) is 22.1 Å². The highest BCUT2D eigenvalue weighted by molar-refractivity contribution is 7.89. The van der Waals surface area contributed by atoms with Crippen molar-refractivity contribution < 1.29 is 8.42 Å². The van der Waals surface area contributed by atoms with Crippen molar-refractivity contribution in [2.45, 2.75) is 49.8 Å². The molecule has 2 aromatic rings. The first kappa shape index (κ1) is 17.7. The van der Waals surface area contributed by atoms with Gasteiger partial charge in [-0.2, -0.15) is 18.4 Å². The highest BCUT2D eigenvalue weighted by Gasteiger charge is 2.15. The van der Waals surface area contributed by atoms with Crippen molar-refractivity contribution in [3.63, 3.8) is 0 Å². The number of rotatable bonds is 5. The van der Waals surface area contributed by atoms with Crippen LogP contribution < -0.4 is 4.83 Å². The summed E-state index contributed by atoms with van der Waals surface area (Å²) < 4.78 is 24.4. The van der Waals surface area contributed by atoms with E-state index in [9.17, 15) is 8.42 Å². The van der Waals surface area contributed by atoms with Crippen LogP contribution >= 0.6 is 0 Å². The molecule has 1 N–H and O–H groups in total. The topological polar surface area (TPSA) is 58.5 Å². The molecule has 2 aromatic carbocycles. The third-order valence-electron chi connectivity index (χ3n) is 4.79. The smallest absolute Gasteiger partial charge is 0.200 e. The Morgan fingerprint density at radius 2 is 1.60 bits per heavy atom. The summed E-state index contributed by atoms with van der Waals surface area (Å²) in [6.45, 7) is 1.81. The van der Waals surface area contributed by atoms with Crippen molar-refractivity contribution in [2.24, 2.45) is 5.10 Å². The largest absolute Gasteiger partial charge is 0.276 e. The van der Waals surface area contributed by atoms with E-state index in [-0.39, 0.29) is 4.90 Å². The molecule has 0 heterocycles. The van der Waals surface area contributed by atoms with Crippen LogP contribution in [0.4, 0.5) is 0 Å². The van der Waals surface area contributed by atoms with E-state index < -0.39 is 10.0 Å². The monoisotopic (exact) mass is 356 g/mol. The molecule has 0 saturated heterocycles. The summed E-state index contributed by atoms with van der Waals surface area (Å²) in [6.07, 6.45) is 6.51. The molecule has 0 spiro atoms. The van der Waals surface area contributed by atoms with Gasteiger partial charge in [-0.05, 0) is 48.9 Å². The summed E-state index contributed by atoms with van der Waals surface area (Å²) in [5.41, 5.74) is 2.95. The predicted molar refractivity (Wildman–Crippen MR) is 101 cm³/mol. The summed E-state index contributed by atoms with van der Waals surface area (Å²) in [4.78, 5) is 2.52. The Kier molecular flexibility index (Phi) is 5.53. The first-order chi connectivity index (χ1) is 12.1. The second kappa shape index (κ2) is 7.83. The average Bonchev–Trinajstić information content (AvgIpc) is 2.68. The second-order valence-corrected chi connectivity index (χ2v) is 8.22. The maximum atomic E-state index is 12.2. The summed E-state index contributed by atoms with van der Waals surface area (Å²) in [5, 5.41) is 4.06. The van der Waals surface area contributed by atoms with Crippen LogP contribution in [-0.2, 0) is 10.0 Å². The van der Waals surface area contributed by atoms with Crippen molar-refractivity contribution >= 4 is 15.7 Å². The molecule has 1 aliphatic rings. The van der Waals surface area contributed by atoms with Crippen molar-refractivity contribution in [1.82, 2.24) is 4.83 Å². The van der Waals surface area contributed by atoms with Gasteiger partial charge in [-0.15, -0.1) is 0 Å². The second-order valence-electron chi connectivity index (χ2n) is 6.56. The molecule has 0 atom stereocenters. The molecular formula is C20H24N2O2S. The van der Waals surface area contributed by atoms with Gasteiger partial charge < -0.3 is 0 Å². The van der Waals surface area contributed by atoms with Crippen molar-refractivity contribution in [3.8, 4) is 0 Å². The van der Waals surface area contributed by atoms with E-state index in [0.29, 0.717) is 11.6 Å². The quantitative estimate of drug-likeness (QED) is 0.636. The van der Waals surface area contributed by atoms with E-state index in [1.807, 2.05) is 19.1 Å². The molecule has 1 fully saturated rings. The van der Waals surface area contributed by atoms with Gasteiger partial charge in [-0.1, -0.05) is 61.7 Å². The van der Waals surface area contributed by atoms with Gasteiger partial charge in [-0.3, -0.25) is 0 Å². The minimum atomic E-state index is -3.63. The van der Waals surface area contributed by atoms with Crippen LogP contribution in [0, 0.1) is 0 Å². The number of benzene rings is 2. The van der Waals surface area contributed by atoms with E-state index in [1.165, 1.54) is 37.7 Å². The molecule has 4 nitrogen and oxygen atoms in total. The standard InChI is InChI=1S/C20H24N2O2S/c1-16(21-22-25(23,24)20-10-6-3-7-11-20)17-12-14-19(15-13-17)18-8-4-2-5-9-18/h3,6-7,10-15,18,22H,2,4-5,8-9H2,1H3. The van der Waals surface area contributed by atoms with E-state index >= 15 is 0 Å². The lowest BCUT2D eigenvalue weighted by Gasteiger charge is -2.22. The maximum absolute atomic E-state index is 12.2. The zero-order valence-corrected chi connectivity index (χ0v) is 15.3. The number of hydrogen-bond acceptors (Lipinski definition) is 3. The predicted octanol–water partition coefficient (Wildman–Crippen LogP) is 4.44. The summed E-state index contributed by atoms with van der Waals surface area (Å²) in [6, 6.07) is 16.6. The zero-order chi connectivity index (χ0) is 17.7. The van der Waals surface area contributed by atoms with Crippen LogP contribution in [0.25, 0.3) is 0 Å². The molecule has 5 heteroatoms. The molecular weight excluding hydrogens is 332 g/mol. The number of hydrogen-bond donors (Lipinski definition) is 1. The molecule has 3 rings (SSSR count). The fourth-order valence-corrected chi connectivity index (χ4v) is 4.16. The fourth-order valence-electron chi connectivity index (χ4n) is 3.28. The van der Waals surface area contributed by atoms with Gasteiger partial charge in [0.05, 0.1) is 10.6 Å². The number of nitrogens with zero attached hydrogens (tertiary/aromatic N) is 1. The van der Waals surface area contributed by atoms with E-state index in [4.69, 9.17) is 0 Å². The van der Waals surface area contributed by atoms with Crippen LogP contribution in [0.1, 0.15) is 56.1 Å². The SMILES string of the molecule is CC(=NNS(=O)(=O)c1ccccc1)c1ccc(C2CCCCC2)cc1. The van der Waals surface area contributed by atoms with Gasteiger partial charge in [0.15, 0.2) is 0 Å². The zero-order valence-electron chi connectivity index (χ0n) is 14.5. The van der Waals surface area contributed by atoms with E-state index in [1.54, 1.807) is 30.3 Å². The highest BCUT2D eigenvalue weighted by Crippen LogP contribution is 2.32. The van der Waals surface area contributed by atoms with Gasteiger partial charge in [0.2, 0.25) is 0 Å². The fraction of sp³-hybridized carbons (Fsp3) is 0.350. The summed E-state index contributed by atoms with van der Waals surface area (Å²) in [7, 11) is -3.63. The first-order valence-corrected chi connectivity index (χ1v) is 10.3. The molecule has 1 aliphatic carbocycles. The van der Waals surface area contributed by atoms with Gasteiger partial charge in [0.1, 0.15) is 0 Å². The lowest BCUT2D eigenvalue weighted by atomic mass is 9.84. The number of sulfonamides is 1. The molecule has 0 aromatic heterocycles. The third kappa shape index (κ3) is 4.48. The minimum absolute atomic E-state index is 0.208. The Morgan fingerprint density at radius 1 is 0.960 bits per heavy atom. The first-order valence-electron chi connectivity index (χ1n) is 8.78. The normalized spacial score (nSPS) is 16.6. The Balaban J connectivity index is 1.70. The molecule has 0 bridgehead atoms. The molecule has 0 aliphatic heterocycles. The van der Waals surface area contributed by atoms with Crippen LogP contribution in [0.2, 0.25) is 0 Å². The number of hydrazone groups is 1. The number of nitrogens with one attached hydrogen (secondary N) is 1. The van der Waals surface area contributed by atoms with Gasteiger partial charge in [0.25, 0.3) is 10.0 Å². The molecule has 1 saturated carbocycles. The average molecular weight is 356 g/mol. The Labute approximate surface area is 150 Å². The van der Waals surface area contributed by atoms with Crippen molar-refractivity contribution in [2.75, 3.05) is 0 Å². The lowest BCUT2D eigenvalue weighted by Crippen LogP contribution is -2.19. The minimum Gasteiger partial charge on any atom is -0.200 e. The Morgan fingerprint density at radius 3 is 2.24 bits per heavy atom. The van der Waals surface area contributed by atoms with Crippen molar-refractivity contribution in [3.05, 3.63) is 65.7 Å². The van der Waals surface area contributed by atoms with Crippen LogP contribution in [0.15, 0.2) is 64.6 Å². The lowest BCUT2D eigenvalue weighted by molar-refractivity contribution is 0.443. The molecule has 0 radical (unpaired) electrons. The van der Waals surface area contributed by atoms with Crippen molar-refractivity contribution in [1.29, 1.82) is 0 Å². The Bertz CT molecular complexity index is 822. The molecule has 0 unspecified atom stereocenters. The summed E-state index contributed by atoms with van der Waals surface area (Å²) in [5.74, 6) is 0.664. The molecule has 132 valence electrons.